The second-order valence-corrected chi connectivity index (χ2v) is 7.99. The van der Waals surface area contributed by atoms with Crippen molar-refractivity contribution in [3.05, 3.63) is 48.2 Å². The van der Waals surface area contributed by atoms with Crippen LogP contribution in [0.2, 0.25) is 0 Å². The molecular formula is C20H20N6O2S. The van der Waals surface area contributed by atoms with Crippen LogP contribution in [0.1, 0.15) is 10.4 Å². The second kappa shape index (κ2) is 7.32. The van der Waals surface area contributed by atoms with Crippen molar-refractivity contribution in [1.29, 1.82) is 0 Å². The fourth-order valence-corrected chi connectivity index (χ4v) is 4.66. The van der Waals surface area contributed by atoms with Crippen LogP contribution in [0.4, 0.5) is 15.6 Å². The number of benzene rings is 1. The summed E-state index contributed by atoms with van der Waals surface area (Å²) in [7, 11) is 0. The summed E-state index contributed by atoms with van der Waals surface area (Å²) in [5, 5.41) is 3.74. The van der Waals surface area contributed by atoms with E-state index in [1.54, 1.807) is 28.5 Å². The molecule has 0 saturated carbocycles. The molecule has 29 heavy (non-hydrogen) atoms. The first-order valence-corrected chi connectivity index (χ1v) is 10.4. The van der Waals surface area contributed by atoms with Crippen LogP contribution in [-0.4, -0.2) is 66.1 Å². The van der Waals surface area contributed by atoms with Gasteiger partial charge in [-0.15, -0.1) is 0 Å². The summed E-state index contributed by atoms with van der Waals surface area (Å²) < 4.78 is 0. The van der Waals surface area contributed by atoms with Crippen LogP contribution in [0.3, 0.4) is 0 Å². The van der Waals surface area contributed by atoms with Crippen LogP contribution in [0.25, 0.3) is 10.3 Å². The average molecular weight is 408 g/mol. The van der Waals surface area contributed by atoms with Gasteiger partial charge in [-0.25, -0.2) is 14.8 Å². The first kappa shape index (κ1) is 17.9. The molecule has 0 atom stereocenters. The highest BCUT2D eigenvalue weighted by Crippen LogP contribution is 2.28. The van der Waals surface area contributed by atoms with Gasteiger partial charge in [-0.05, 0) is 30.3 Å². The molecule has 3 amide bonds. The number of amides is 3. The molecule has 1 aromatic carbocycles. The van der Waals surface area contributed by atoms with E-state index in [9.17, 15) is 9.59 Å². The van der Waals surface area contributed by atoms with Crippen LogP contribution in [0, 0.1) is 0 Å². The number of thiazole rings is 1. The topological polar surface area (TPSA) is 81.7 Å². The standard InChI is InChI=1S/C20H20N6O2S/c27-18(14-3-1-4-15(13-14)26-8-7-22-19(26)28)24-9-11-25(12-10-24)20-23-16-5-2-6-21-17(16)29-20/h1-6,13H,7-12H2,(H,22,28). The van der Waals surface area contributed by atoms with Crippen LogP contribution in [0.5, 0.6) is 0 Å². The first-order valence-electron chi connectivity index (χ1n) is 9.60. The third kappa shape index (κ3) is 3.38. The summed E-state index contributed by atoms with van der Waals surface area (Å²) in [6, 6.07) is 11.1. The molecule has 0 radical (unpaired) electrons. The zero-order valence-electron chi connectivity index (χ0n) is 15.7. The fraction of sp³-hybridized carbons (Fsp3) is 0.300. The highest BCUT2D eigenvalue weighted by molar-refractivity contribution is 7.21. The molecule has 0 spiro atoms. The predicted molar refractivity (Wildman–Crippen MR) is 113 cm³/mol. The van der Waals surface area contributed by atoms with Gasteiger partial charge in [0.2, 0.25) is 0 Å². The van der Waals surface area contributed by atoms with E-state index in [0.29, 0.717) is 31.7 Å². The molecule has 0 bridgehead atoms. The summed E-state index contributed by atoms with van der Waals surface area (Å²) in [4.78, 5) is 40.6. The summed E-state index contributed by atoms with van der Waals surface area (Å²) in [5.74, 6) is -0.00271. The number of carbonyl (C=O) groups is 2. The molecule has 2 aliphatic heterocycles. The molecule has 148 valence electrons. The normalized spacial score (nSPS) is 17.1. The molecule has 5 rings (SSSR count). The zero-order valence-corrected chi connectivity index (χ0v) is 16.6. The van der Waals surface area contributed by atoms with Crippen LogP contribution < -0.4 is 15.1 Å². The lowest BCUT2D eigenvalue weighted by atomic mass is 10.1. The van der Waals surface area contributed by atoms with E-state index in [2.05, 4.69) is 20.2 Å². The number of pyridine rings is 1. The largest absolute Gasteiger partial charge is 0.344 e. The molecule has 4 heterocycles. The van der Waals surface area contributed by atoms with Crippen molar-refractivity contribution in [1.82, 2.24) is 20.2 Å². The number of fused-ring (bicyclic) bond motifs is 1. The van der Waals surface area contributed by atoms with Crippen molar-refractivity contribution >= 4 is 44.4 Å². The third-order valence-corrected chi connectivity index (χ3v) is 6.29. The maximum absolute atomic E-state index is 13.0. The van der Waals surface area contributed by atoms with Gasteiger partial charge in [-0.2, -0.15) is 0 Å². The summed E-state index contributed by atoms with van der Waals surface area (Å²) in [6.07, 6.45) is 1.78. The number of nitrogens with zero attached hydrogens (tertiary/aromatic N) is 5. The number of rotatable bonds is 3. The molecule has 0 unspecified atom stereocenters. The first-order chi connectivity index (χ1) is 14.2. The monoisotopic (exact) mass is 408 g/mol. The van der Waals surface area contributed by atoms with Gasteiger partial charge < -0.3 is 15.1 Å². The minimum atomic E-state index is -0.117. The van der Waals surface area contributed by atoms with E-state index in [1.165, 1.54) is 0 Å². The smallest absolute Gasteiger partial charge is 0.321 e. The van der Waals surface area contributed by atoms with Gasteiger partial charge in [0.15, 0.2) is 5.13 Å². The van der Waals surface area contributed by atoms with Crippen molar-refractivity contribution in [3.8, 4) is 0 Å². The minimum Gasteiger partial charge on any atom is -0.344 e. The Morgan fingerprint density at radius 3 is 2.69 bits per heavy atom. The Morgan fingerprint density at radius 1 is 1.07 bits per heavy atom. The quantitative estimate of drug-likeness (QED) is 0.718. The van der Waals surface area contributed by atoms with Gasteiger partial charge in [0.25, 0.3) is 5.91 Å². The Kier molecular flexibility index (Phi) is 4.51. The van der Waals surface area contributed by atoms with E-state index in [0.717, 1.165) is 34.3 Å². The zero-order chi connectivity index (χ0) is 19.8. The van der Waals surface area contributed by atoms with Crippen molar-refractivity contribution in [2.24, 2.45) is 0 Å². The molecule has 3 aromatic rings. The van der Waals surface area contributed by atoms with E-state index in [1.807, 2.05) is 35.2 Å². The Balaban J connectivity index is 1.27. The van der Waals surface area contributed by atoms with E-state index in [-0.39, 0.29) is 11.9 Å². The Morgan fingerprint density at radius 2 is 1.93 bits per heavy atom. The number of urea groups is 1. The number of hydrogen-bond donors (Lipinski definition) is 1. The van der Waals surface area contributed by atoms with Crippen molar-refractivity contribution < 1.29 is 9.59 Å². The van der Waals surface area contributed by atoms with Crippen molar-refractivity contribution in [3.63, 3.8) is 0 Å². The summed E-state index contributed by atoms with van der Waals surface area (Å²) in [6.45, 7) is 3.99. The van der Waals surface area contributed by atoms with E-state index < -0.39 is 0 Å². The Labute approximate surface area is 171 Å². The Bertz CT molecular complexity index is 1040. The predicted octanol–water partition coefficient (Wildman–Crippen LogP) is 2.18. The number of aromatic nitrogens is 2. The molecule has 1 N–H and O–H groups in total. The van der Waals surface area contributed by atoms with Crippen LogP contribution in [-0.2, 0) is 0 Å². The van der Waals surface area contributed by atoms with Gasteiger partial charge in [-0.1, -0.05) is 17.4 Å². The number of carbonyl (C=O) groups excluding carboxylic acids is 2. The van der Waals surface area contributed by atoms with E-state index in [4.69, 9.17) is 0 Å². The Hall–Kier alpha value is -3.20. The van der Waals surface area contributed by atoms with Crippen LogP contribution >= 0.6 is 11.3 Å². The molecule has 2 aliphatic rings. The maximum atomic E-state index is 13.0. The van der Waals surface area contributed by atoms with Crippen LogP contribution in [0.15, 0.2) is 42.6 Å². The lowest BCUT2D eigenvalue weighted by Crippen LogP contribution is -2.48. The molecule has 0 aliphatic carbocycles. The highest BCUT2D eigenvalue weighted by atomic mass is 32.1. The molecule has 2 fully saturated rings. The molecule has 8 nitrogen and oxygen atoms in total. The summed E-state index contributed by atoms with van der Waals surface area (Å²) in [5.41, 5.74) is 2.28. The molecule has 9 heteroatoms. The minimum absolute atomic E-state index is 0.00271. The number of nitrogens with one attached hydrogen (secondary N) is 1. The van der Waals surface area contributed by atoms with Gasteiger partial charge in [0, 0.05) is 56.7 Å². The van der Waals surface area contributed by atoms with Gasteiger partial charge in [-0.3, -0.25) is 9.69 Å². The molecule has 2 aromatic heterocycles. The number of anilines is 2. The maximum Gasteiger partial charge on any atom is 0.321 e. The van der Waals surface area contributed by atoms with Gasteiger partial charge in [0.05, 0.1) is 0 Å². The fourth-order valence-electron chi connectivity index (χ4n) is 3.70. The van der Waals surface area contributed by atoms with Crippen molar-refractivity contribution in [2.45, 2.75) is 0 Å². The third-order valence-electron chi connectivity index (χ3n) is 5.25. The lowest BCUT2D eigenvalue weighted by Gasteiger charge is -2.34. The van der Waals surface area contributed by atoms with Crippen molar-refractivity contribution in [2.75, 3.05) is 49.1 Å². The SMILES string of the molecule is O=C(c1cccc(N2CCNC2=O)c1)N1CCN(c2nc3cccnc3s2)CC1. The number of hydrogen-bond acceptors (Lipinski definition) is 6. The number of piperazine rings is 1. The van der Waals surface area contributed by atoms with E-state index >= 15 is 0 Å². The molecular weight excluding hydrogens is 388 g/mol. The second-order valence-electron chi connectivity index (χ2n) is 7.04. The molecule has 2 saturated heterocycles. The lowest BCUT2D eigenvalue weighted by molar-refractivity contribution is 0.0746. The summed E-state index contributed by atoms with van der Waals surface area (Å²) >= 11 is 1.58. The van der Waals surface area contributed by atoms with Gasteiger partial charge >= 0.3 is 6.03 Å². The highest BCUT2D eigenvalue weighted by Gasteiger charge is 2.26. The average Bonchev–Trinajstić information content (AvgIpc) is 3.39. The van der Waals surface area contributed by atoms with Gasteiger partial charge in [0.1, 0.15) is 10.3 Å².